The van der Waals surface area contributed by atoms with E-state index in [-0.39, 0.29) is 5.91 Å². The summed E-state index contributed by atoms with van der Waals surface area (Å²) in [5.41, 5.74) is 5.06. The molecule has 0 spiro atoms. The van der Waals surface area contributed by atoms with Crippen molar-refractivity contribution in [1.29, 1.82) is 5.41 Å². The highest BCUT2D eigenvalue weighted by molar-refractivity contribution is 6.07. The molecule has 1 aliphatic carbocycles. The lowest BCUT2D eigenvalue weighted by atomic mass is 10.1. The zero-order valence-electron chi connectivity index (χ0n) is 11.9. The first-order chi connectivity index (χ1) is 10.6. The van der Waals surface area contributed by atoms with Crippen LogP contribution in [0.3, 0.4) is 0 Å². The normalized spacial score (nSPS) is 16.1. The molecule has 1 fully saturated rings. The van der Waals surface area contributed by atoms with Crippen LogP contribution < -0.4 is 15.8 Å². The molecule has 0 bridgehead atoms. The fourth-order valence-electron chi connectivity index (χ4n) is 1.83. The van der Waals surface area contributed by atoms with E-state index in [2.05, 4.69) is 5.32 Å². The lowest BCUT2D eigenvalue weighted by Gasteiger charge is -2.10. The first-order valence-corrected chi connectivity index (χ1v) is 6.78. The molecule has 6 heteroatoms. The molecule has 0 unspecified atom stereocenters. The Morgan fingerprint density at radius 2 is 2.00 bits per heavy atom. The number of allylic oxidation sites excluding steroid dienone is 2. The number of nitrogens with two attached hydrogens (primary N) is 1. The van der Waals surface area contributed by atoms with Gasteiger partial charge in [-0.15, -0.1) is 0 Å². The maximum atomic E-state index is 11.9. The minimum Gasteiger partial charge on any atom is -0.457 e. The Kier molecular flexibility index (Phi) is 4.73. The molecular formula is C16H17N3O3. The molecule has 4 N–H and O–H groups in total. The van der Waals surface area contributed by atoms with Gasteiger partial charge in [-0.2, -0.15) is 0 Å². The molecule has 0 saturated heterocycles. The monoisotopic (exact) mass is 299 g/mol. The third-order valence-corrected chi connectivity index (χ3v) is 3.32. The predicted molar refractivity (Wildman–Crippen MR) is 83.6 cm³/mol. The van der Waals surface area contributed by atoms with Crippen LogP contribution in [0.25, 0.3) is 0 Å². The van der Waals surface area contributed by atoms with Crippen LogP contribution in [0.4, 0.5) is 5.69 Å². The largest absolute Gasteiger partial charge is 0.457 e. The number of aldehydes is 1. The fraction of sp³-hybridized carbons (Fsp3) is 0.188. The van der Waals surface area contributed by atoms with E-state index in [4.69, 9.17) is 15.9 Å². The van der Waals surface area contributed by atoms with Crippen LogP contribution in [0, 0.1) is 10.8 Å². The van der Waals surface area contributed by atoms with Gasteiger partial charge in [0.15, 0.2) is 0 Å². The number of carbonyl (C=O) groups is 2. The predicted octanol–water partition coefficient (Wildman–Crippen LogP) is 1.99. The van der Waals surface area contributed by atoms with Crippen LogP contribution in [0.15, 0.2) is 48.4 Å². The lowest BCUT2D eigenvalue weighted by Crippen LogP contribution is -2.25. The van der Waals surface area contributed by atoms with Crippen LogP contribution in [-0.4, -0.2) is 18.4 Å². The van der Waals surface area contributed by atoms with Gasteiger partial charge >= 0.3 is 0 Å². The molecular weight excluding hydrogens is 282 g/mol. The minimum atomic E-state index is -0.832. The number of benzene rings is 1. The molecule has 0 radical (unpaired) electrons. The first-order valence-electron chi connectivity index (χ1n) is 6.78. The number of hydrogen-bond donors (Lipinski definition) is 3. The van der Waals surface area contributed by atoms with Gasteiger partial charge in [-0.05, 0) is 55.5 Å². The second-order valence-electron chi connectivity index (χ2n) is 4.95. The van der Waals surface area contributed by atoms with Crippen molar-refractivity contribution in [3.63, 3.8) is 0 Å². The third-order valence-electron chi connectivity index (χ3n) is 3.32. The third kappa shape index (κ3) is 3.60. The highest BCUT2D eigenvalue weighted by atomic mass is 16.5. The molecule has 0 heterocycles. The Morgan fingerprint density at radius 3 is 2.50 bits per heavy atom. The van der Waals surface area contributed by atoms with Gasteiger partial charge in [-0.1, -0.05) is 0 Å². The Morgan fingerprint density at radius 1 is 1.32 bits per heavy atom. The molecule has 2 rings (SSSR count). The van der Waals surface area contributed by atoms with Crippen molar-refractivity contribution in [3.8, 4) is 5.75 Å². The van der Waals surface area contributed by atoms with Crippen LogP contribution in [-0.2, 0) is 9.59 Å². The lowest BCUT2D eigenvalue weighted by molar-refractivity contribution is -0.126. The van der Waals surface area contributed by atoms with Crippen molar-refractivity contribution in [3.05, 3.63) is 48.4 Å². The minimum absolute atomic E-state index is 0.272. The number of anilines is 1. The summed E-state index contributed by atoms with van der Waals surface area (Å²) in [6.45, 7) is 0. The number of nitrogens with one attached hydrogen (secondary N) is 2. The number of hydrogen-bond acceptors (Lipinski definition) is 5. The van der Waals surface area contributed by atoms with Crippen molar-refractivity contribution in [1.82, 2.24) is 0 Å². The van der Waals surface area contributed by atoms with E-state index in [1.807, 2.05) is 0 Å². The van der Waals surface area contributed by atoms with Gasteiger partial charge < -0.3 is 26.0 Å². The highest BCUT2D eigenvalue weighted by Gasteiger charge is 2.49. The van der Waals surface area contributed by atoms with Crippen molar-refractivity contribution in [2.45, 2.75) is 12.8 Å². The van der Waals surface area contributed by atoms with Crippen LogP contribution >= 0.6 is 0 Å². The van der Waals surface area contributed by atoms with Crippen LogP contribution in [0.5, 0.6) is 5.75 Å². The summed E-state index contributed by atoms with van der Waals surface area (Å²) in [6, 6.07) is 6.72. The molecule has 1 saturated carbocycles. The van der Waals surface area contributed by atoms with E-state index >= 15 is 0 Å². The zero-order chi connectivity index (χ0) is 16.0. The van der Waals surface area contributed by atoms with E-state index in [9.17, 15) is 9.59 Å². The summed E-state index contributed by atoms with van der Waals surface area (Å²) < 4.78 is 5.53. The molecule has 22 heavy (non-hydrogen) atoms. The summed E-state index contributed by atoms with van der Waals surface area (Å²) >= 11 is 0. The molecule has 1 aromatic carbocycles. The van der Waals surface area contributed by atoms with E-state index in [0.717, 1.165) is 6.21 Å². The molecule has 1 amide bonds. The summed E-state index contributed by atoms with van der Waals surface area (Å²) in [4.78, 5) is 22.8. The van der Waals surface area contributed by atoms with Gasteiger partial charge in [-0.25, -0.2) is 0 Å². The van der Waals surface area contributed by atoms with Crippen LogP contribution in [0.1, 0.15) is 12.8 Å². The Balaban J connectivity index is 2.01. The highest BCUT2D eigenvalue weighted by Crippen LogP contribution is 2.44. The van der Waals surface area contributed by atoms with Gasteiger partial charge in [0.25, 0.3) is 0 Å². The first kappa shape index (κ1) is 15.5. The average Bonchev–Trinajstić information content (AvgIpc) is 3.31. The number of rotatable bonds is 7. The summed E-state index contributed by atoms with van der Waals surface area (Å²) in [5, 5.41) is 9.75. The van der Waals surface area contributed by atoms with Crippen molar-refractivity contribution >= 4 is 24.1 Å². The Labute approximate surface area is 128 Å². The van der Waals surface area contributed by atoms with E-state index in [1.54, 1.807) is 24.3 Å². The second-order valence-corrected chi connectivity index (χ2v) is 4.95. The van der Waals surface area contributed by atoms with Gasteiger partial charge in [-0.3, -0.25) is 4.79 Å². The maximum absolute atomic E-state index is 11.9. The topological polar surface area (TPSA) is 105 Å². The van der Waals surface area contributed by atoms with E-state index < -0.39 is 5.41 Å². The molecule has 114 valence electrons. The Bertz CT molecular complexity index is 629. The zero-order valence-corrected chi connectivity index (χ0v) is 11.9. The number of ether oxygens (including phenoxy) is 1. The molecule has 1 aliphatic rings. The molecule has 6 nitrogen and oxygen atoms in total. The summed E-state index contributed by atoms with van der Waals surface area (Å²) in [7, 11) is 0. The standard InChI is InChI=1S/C16H17N3O3/c17-9-5-14(6-10-18)22-13-3-1-12(2-4-13)19-15(21)16(11-20)7-8-16/h1-6,9-11,17H,7-8,18H2,(H,19,21)/b10-6+,14-5+,17-9?. The van der Waals surface area contributed by atoms with Crippen LogP contribution in [0.2, 0.25) is 0 Å². The average molecular weight is 299 g/mol. The summed E-state index contributed by atoms with van der Waals surface area (Å²) in [5.74, 6) is 0.694. The van der Waals surface area contributed by atoms with E-state index in [1.165, 1.54) is 18.4 Å². The van der Waals surface area contributed by atoms with Crippen molar-refractivity contribution < 1.29 is 14.3 Å². The Hall–Kier alpha value is -2.89. The fourth-order valence-corrected chi connectivity index (χ4v) is 1.83. The molecule has 0 atom stereocenters. The number of amides is 1. The van der Waals surface area contributed by atoms with E-state index in [0.29, 0.717) is 36.3 Å². The maximum Gasteiger partial charge on any atom is 0.237 e. The van der Waals surface area contributed by atoms with Crippen molar-refractivity contribution in [2.24, 2.45) is 11.1 Å². The smallest absolute Gasteiger partial charge is 0.237 e. The van der Waals surface area contributed by atoms with Gasteiger partial charge in [0.2, 0.25) is 5.91 Å². The second kappa shape index (κ2) is 6.71. The summed E-state index contributed by atoms with van der Waals surface area (Å²) in [6.07, 6.45) is 7.32. The molecule has 0 aliphatic heterocycles. The van der Waals surface area contributed by atoms with Crippen molar-refractivity contribution in [2.75, 3.05) is 5.32 Å². The van der Waals surface area contributed by atoms with Gasteiger partial charge in [0.1, 0.15) is 23.2 Å². The van der Waals surface area contributed by atoms with Gasteiger partial charge in [0.05, 0.1) is 0 Å². The molecule has 0 aromatic heterocycles. The molecule has 1 aromatic rings. The SMILES string of the molecule is N=C/C=C(\C=C\N)Oc1ccc(NC(=O)C2(C=O)CC2)cc1. The van der Waals surface area contributed by atoms with Gasteiger partial charge in [0, 0.05) is 11.9 Å². The number of carbonyl (C=O) groups excluding carboxylic acids is 2. The quantitative estimate of drug-likeness (QED) is 0.235.